The highest BCUT2D eigenvalue weighted by atomic mass is 35.5. The van der Waals surface area contributed by atoms with E-state index in [1.54, 1.807) is 0 Å². The summed E-state index contributed by atoms with van der Waals surface area (Å²) in [5, 5.41) is 6.45. The molecule has 0 aliphatic heterocycles. The number of rotatable bonds is 8. The fourth-order valence-corrected chi connectivity index (χ4v) is 4.97. The lowest BCUT2D eigenvalue weighted by atomic mass is 10.1. The summed E-state index contributed by atoms with van der Waals surface area (Å²) in [5.74, 6) is 0.136. The fraction of sp³-hybridized carbons (Fsp3) is 0.938. The molecule has 0 radical (unpaired) electrons. The molecule has 0 aromatic heterocycles. The van der Waals surface area contributed by atoms with Crippen molar-refractivity contribution in [3.8, 4) is 0 Å². The molecule has 2 fully saturated rings. The minimum absolute atomic E-state index is 0. The minimum Gasteiger partial charge on any atom is -0.355 e. The van der Waals surface area contributed by atoms with Crippen LogP contribution >= 0.6 is 12.4 Å². The summed E-state index contributed by atoms with van der Waals surface area (Å²) in [6, 6.07) is 0.597. The molecular formula is C16H31ClN2O3S. The van der Waals surface area contributed by atoms with Crippen LogP contribution in [0, 0.1) is 5.41 Å². The van der Waals surface area contributed by atoms with E-state index in [0.29, 0.717) is 19.0 Å². The SMILES string of the molecule is CS(=O)(=O)CC1(CC(=O)NCCNC2CCCCCC2)CC1.Cl. The molecular weight excluding hydrogens is 336 g/mol. The number of hydrogen-bond donors (Lipinski definition) is 2. The number of nitrogens with one attached hydrogen (secondary N) is 2. The number of carbonyl (C=O) groups is 1. The zero-order chi connectivity index (χ0) is 16.1. The molecule has 2 aliphatic carbocycles. The molecule has 0 spiro atoms. The lowest BCUT2D eigenvalue weighted by Crippen LogP contribution is -2.37. The first-order chi connectivity index (χ1) is 10.4. The van der Waals surface area contributed by atoms with Gasteiger partial charge in [-0.25, -0.2) is 8.42 Å². The molecule has 0 aromatic carbocycles. The van der Waals surface area contributed by atoms with Gasteiger partial charge in [-0.2, -0.15) is 0 Å². The van der Waals surface area contributed by atoms with Crippen molar-refractivity contribution in [3.05, 3.63) is 0 Å². The van der Waals surface area contributed by atoms with Gasteiger partial charge in [0.15, 0.2) is 0 Å². The Labute approximate surface area is 146 Å². The molecule has 0 aromatic rings. The van der Waals surface area contributed by atoms with E-state index in [4.69, 9.17) is 0 Å². The van der Waals surface area contributed by atoms with Gasteiger partial charge in [-0.1, -0.05) is 25.7 Å². The molecule has 7 heteroatoms. The van der Waals surface area contributed by atoms with Crippen LogP contribution in [0.5, 0.6) is 0 Å². The third-order valence-electron chi connectivity index (χ3n) is 4.80. The van der Waals surface area contributed by atoms with Crippen molar-refractivity contribution in [2.24, 2.45) is 5.41 Å². The second-order valence-corrected chi connectivity index (χ2v) is 9.38. The van der Waals surface area contributed by atoms with Crippen molar-refractivity contribution >= 4 is 28.2 Å². The molecule has 2 aliphatic rings. The van der Waals surface area contributed by atoms with E-state index >= 15 is 0 Å². The Kier molecular flexibility index (Phi) is 8.31. The largest absolute Gasteiger partial charge is 0.355 e. The highest BCUT2D eigenvalue weighted by molar-refractivity contribution is 7.90. The van der Waals surface area contributed by atoms with Crippen LogP contribution in [0.15, 0.2) is 0 Å². The number of sulfone groups is 1. The molecule has 0 heterocycles. The molecule has 0 bridgehead atoms. The Bertz CT molecular complexity index is 470. The van der Waals surface area contributed by atoms with Gasteiger partial charge in [0.25, 0.3) is 0 Å². The average Bonchev–Trinajstić information content (AvgIpc) is 3.17. The Morgan fingerprint density at radius 3 is 2.22 bits per heavy atom. The lowest BCUT2D eigenvalue weighted by molar-refractivity contribution is -0.122. The van der Waals surface area contributed by atoms with Gasteiger partial charge in [-0.3, -0.25) is 4.79 Å². The zero-order valence-corrected chi connectivity index (χ0v) is 15.7. The van der Waals surface area contributed by atoms with Crippen molar-refractivity contribution < 1.29 is 13.2 Å². The second kappa shape index (κ2) is 9.23. The van der Waals surface area contributed by atoms with E-state index in [0.717, 1.165) is 19.4 Å². The van der Waals surface area contributed by atoms with Crippen LogP contribution in [0.4, 0.5) is 0 Å². The first-order valence-corrected chi connectivity index (χ1v) is 10.6. The van der Waals surface area contributed by atoms with Gasteiger partial charge in [0.05, 0.1) is 5.75 Å². The van der Waals surface area contributed by atoms with E-state index in [2.05, 4.69) is 10.6 Å². The zero-order valence-electron chi connectivity index (χ0n) is 14.1. The highest BCUT2D eigenvalue weighted by Gasteiger charge is 2.46. The Morgan fingerprint density at radius 2 is 1.70 bits per heavy atom. The van der Waals surface area contributed by atoms with Crippen molar-refractivity contribution in [2.75, 3.05) is 25.1 Å². The van der Waals surface area contributed by atoms with E-state index in [-0.39, 0.29) is 29.5 Å². The van der Waals surface area contributed by atoms with Crippen LogP contribution in [-0.4, -0.2) is 45.5 Å². The van der Waals surface area contributed by atoms with Crippen molar-refractivity contribution in [1.29, 1.82) is 0 Å². The molecule has 0 saturated heterocycles. The number of halogens is 1. The van der Waals surface area contributed by atoms with Crippen LogP contribution < -0.4 is 10.6 Å². The van der Waals surface area contributed by atoms with E-state index in [9.17, 15) is 13.2 Å². The van der Waals surface area contributed by atoms with Crippen LogP contribution in [0.2, 0.25) is 0 Å². The van der Waals surface area contributed by atoms with Crippen molar-refractivity contribution in [3.63, 3.8) is 0 Å². The van der Waals surface area contributed by atoms with Crippen molar-refractivity contribution in [1.82, 2.24) is 10.6 Å². The maximum atomic E-state index is 12.0. The van der Waals surface area contributed by atoms with E-state index in [1.165, 1.54) is 44.8 Å². The molecule has 136 valence electrons. The quantitative estimate of drug-likeness (QED) is 0.509. The van der Waals surface area contributed by atoms with Gasteiger partial charge in [0.2, 0.25) is 5.91 Å². The molecule has 23 heavy (non-hydrogen) atoms. The molecule has 1 amide bonds. The highest BCUT2D eigenvalue weighted by Crippen LogP contribution is 2.49. The predicted molar refractivity (Wildman–Crippen MR) is 95.7 cm³/mol. The summed E-state index contributed by atoms with van der Waals surface area (Å²) in [6.07, 6.45) is 11.1. The van der Waals surface area contributed by atoms with Gasteiger partial charge in [0.1, 0.15) is 9.84 Å². The molecule has 2 rings (SSSR count). The molecule has 0 unspecified atom stereocenters. The summed E-state index contributed by atoms with van der Waals surface area (Å²) < 4.78 is 22.8. The minimum atomic E-state index is -3.00. The topological polar surface area (TPSA) is 75.3 Å². The first-order valence-electron chi connectivity index (χ1n) is 8.56. The Morgan fingerprint density at radius 1 is 1.09 bits per heavy atom. The van der Waals surface area contributed by atoms with Gasteiger partial charge in [-0.05, 0) is 31.1 Å². The molecule has 2 N–H and O–H groups in total. The Balaban J connectivity index is 0.00000264. The maximum Gasteiger partial charge on any atom is 0.220 e. The van der Waals surface area contributed by atoms with Crippen LogP contribution in [0.3, 0.4) is 0 Å². The Hall–Kier alpha value is -0.330. The number of carbonyl (C=O) groups excluding carboxylic acids is 1. The van der Waals surface area contributed by atoms with E-state index < -0.39 is 9.84 Å². The molecule has 5 nitrogen and oxygen atoms in total. The van der Waals surface area contributed by atoms with E-state index in [1.807, 2.05) is 0 Å². The smallest absolute Gasteiger partial charge is 0.220 e. The predicted octanol–water partition coefficient (Wildman–Crippen LogP) is 2.05. The summed E-state index contributed by atoms with van der Waals surface area (Å²) in [6.45, 7) is 1.43. The summed E-state index contributed by atoms with van der Waals surface area (Å²) in [5.41, 5.74) is -0.271. The van der Waals surface area contributed by atoms with Gasteiger partial charge >= 0.3 is 0 Å². The molecule has 2 saturated carbocycles. The summed E-state index contributed by atoms with van der Waals surface area (Å²) >= 11 is 0. The third-order valence-corrected chi connectivity index (χ3v) is 5.93. The lowest BCUT2D eigenvalue weighted by Gasteiger charge is -2.17. The average molecular weight is 367 g/mol. The fourth-order valence-electron chi connectivity index (χ4n) is 3.47. The van der Waals surface area contributed by atoms with Crippen LogP contribution in [0.25, 0.3) is 0 Å². The van der Waals surface area contributed by atoms with Crippen molar-refractivity contribution in [2.45, 2.75) is 63.8 Å². The normalized spacial score (nSPS) is 21.1. The maximum absolute atomic E-state index is 12.0. The second-order valence-electron chi connectivity index (χ2n) is 7.24. The molecule has 0 atom stereocenters. The number of amides is 1. The van der Waals surface area contributed by atoms with Crippen LogP contribution in [0.1, 0.15) is 57.8 Å². The number of hydrogen-bond acceptors (Lipinski definition) is 4. The van der Waals surface area contributed by atoms with Crippen LogP contribution in [-0.2, 0) is 14.6 Å². The first kappa shape index (κ1) is 20.7. The summed E-state index contributed by atoms with van der Waals surface area (Å²) in [7, 11) is -3.00. The monoisotopic (exact) mass is 366 g/mol. The third kappa shape index (κ3) is 8.36. The summed E-state index contributed by atoms with van der Waals surface area (Å²) in [4.78, 5) is 12.0. The van der Waals surface area contributed by atoms with Gasteiger partial charge in [0, 0.05) is 31.8 Å². The van der Waals surface area contributed by atoms with Gasteiger partial charge in [-0.15, -0.1) is 12.4 Å². The standard InChI is InChI=1S/C16H30N2O3S.ClH/c1-22(20,21)13-16(8-9-16)12-15(19)18-11-10-17-14-6-4-2-3-5-7-14;/h14,17H,2-13H2,1H3,(H,18,19);1H. The van der Waals surface area contributed by atoms with Gasteiger partial charge < -0.3 is 10.6 Å².